The van der Waals surface area contributed by atoms with Crippen LogP contribution in [0.25, 0.3) is 0 Å². The topological polar surface area (TPSA) is 52.6 Å². The quantitative estimate of drug-likeness (QED) is 0.726. The molecule has 0 atom stereocenters. The first-order chi connectivity index (χ1) is 8.40. The van der Waals surface area contributed by atoms with Gasteiger partial charge in [0, 0.05) is 0 Å². The van der Waals surface area contributed by atoms with Crippen LogP contribution in [0.4, 0.5) is 0 Å². The Hall–Kier alpha value is -1.06. The normalized spacial score (nSPS) is 24.1. The van der Waals surface area contributed by atoms with Gasteiger partial charge in [-0.2, -0.15) is 0 Å². The lowest BCUT2D eigenvalue weighted by Crippen LogP contribution is -2.31. The van der Waals surface area contributed by atoms with Gasteiger partial charge in [0.05, 0.1) is 11.8 Å². The van der Waals surface area contributed by atoms with Crippen molar-refractivity contribution >= 4 is 11.9 Å². The molecule has 0 saturated heterocycles. The molecule has 1 fully saturated rings. The maximum atomic E-state index is 11.5. The first kappa shape index (κ1) is 15.0. The lowest BCUT2D eigenvalue weighted by atomic mass is 9.94. The molecule has 0 aromatic rings. The summed E-state index contributed by atoms with van der Waals surface area (Å²) in [6, 6.07) is 0. The summed E-state index contributed by atoms with van der Waals surface area (Å²) >= 11 is 0. The highest BCUT2D eigenvalue weighted by molar-refractivity contribution is 5.72. The van der Waals surface area contributed by atoms with Gasteiger partial charge in [0.25, 0.3) is 0 Å². The lowest BCUT2D eigenvalue weighted by molar-refractivity contribution is -0.162. The largest absolute Gasteiger partial charge is 0.462 e. The molecule has 0 bridgehead atoms. The molecule has 1 aliphatic rings. The van der Waals surface area contributed by atoms with Crippen molar-refractivity contribution in [2.24, 2.45) is 11.8 Å². The van der Waals surface area contributed by atoms with E-state index in [1.807, 2.05) is 27.7 Å². The summed E-state index contributed by atoms with van der Waals surface area (Å²) in [6.45, 7) is 7.33. The molecule has 4 heteroatoms. The van der Waals surface area contributed by atoms with Crippen LogP contribution in [0, 0.1) is 11.8 Å². The molecule has 4 nitrogen and oxygen atoms in total. The SMILES string of the molecule is CC(C)C(=O)OC1CCC(OC(=O)C(C)C)CC1. The minimum atomic E-state index is -0.141. The fourth-order valence-electron chi connectivity index (χ4n) is 1.87. The van der Waals surface area contributed by atoms with E-state index >= 15 is 0 Å². The third kappa shape index (κ3) is 4.67. The molecule has 104 valence electrons. The fourth-order valence-corrected chi connectivity index (χ4v) is 1.87. The number of rotatable bonds is 4. The number of ether oxygens (including phenoxy) is 2. The Morgan fingerprint density at radius 1 is 0.778 bits per heavy atom. The van der Waals surface area contributed by atoms with Crippen molar-refractivity contribution in [3.8, 4) is 0 Å². The van der Waals surface area contributed by atoms with Gasteiger partial charge in [0.15, 0.2) is 0 Å². The third-order valence-electron chi connectivity index (χ3n) is 3.13. The fraction of sp³-hybridized carbons (Fsp3) is 0.857. The van der Waals surface area contributed by atoms with Crippen molar-refractivity contribution in [3.05, 3.63) is 0 Å². The molecule has 0 N–H and O–H groups in total. The van der Waals surface area contributed by atoms with Gasteiger partial charge in [0.2, 0.25) is 0 Å². The molecule has 1 aliphatic carbocycles. The van der Waals surface area contributed by atoms with E-state index in [2.05, 4.69) is 0 Å². The molecule has 1 saturated carbocycles. The summed E-state index contributed by atoms with van der Waals surface area (Å²) in [5, 5.41) is 0. The highest BCUT2D eigenvalue weighted by atomic mass is 16.6. The van der Waals surface area contributed by atoms with Gasteiger partial charge in [-0.25, -0.2) is 0 Å². The maximum Gasteiger partial charge on any atom is 0.308 e. The Kier molecular flexibility index (Phi) is 5.63. The van der Waals surface area contributed by atoms with Crippen LogP contribution in [0.3, 0.4) is 0 Å². The molecular formula is C14H24O4. The van der Waals surface area contributed by atoms with Gasteiger partial charge in [0.1, 0.15) is 12.2 Å². The molecule has 0 aromatic carbocycles. The monoisotopic (exact) mass is 256 g/mol. The van der Waals surface area contributed by atoms with E-state index in [9.17, 15) is 9.59 Å². The summed E-state index contributed by atoms with van der Waals surface area (Å²) in [5.74, 6) is -0.446. The summed E-state index contributed by atoms with van der Waals surface area (Å²) in [5.41, 5.74) is 0. The minimum absolute atomic E-state index is 0.00565. The second-order valence-electron chi connectivity index (χ2n) is 5.58. The first-order valence-electron chi connectivity index (χ1n) is 6.81. The smallest absolute Gasteiger partial charge is 0.308 e. The van der Waals surface area contributed by atoms with Crippen molar-refractivity contribution < 1.29 is 19.1 Å². The molecule has 0 amide bonds. The van der Waals surface area contributed by atoms with Crippen LogP contribution in [0.15, 0.2) is 0 Å². The number of hydrogen-bond donors (Lipinski definition) is 0. The minimum Gasteiger partial charge on any atom is -0.462 e. The predicted octanol–water partition coefficient (Wildman–Crippen LogP) is 2.70. The van der Waals surface area contributed by atoms with Crippen LogP contribution in [0.2, 0.25) is 0 Å². The zero-order chi connectivity index (χ0) is 13.7. The Labute approximate surface area is 109 Å². The predicted molar refractivity (Wildman–Crippen MR) is 67.9 cm³/mol. The number of carbonyl (C=O) groups excluding carboxylic acids is 2. The Bertz CT molecular complexity index is 258. The zero-order valence-corrected chi connectivity index (χ0v) is 11.8. The summed E-state index contributed by atoms with van der Waals surface area (Å²) < 4.78 is 10.7. The summed E-state index contributed by atoms with van der Waals surface area (Å²) in [7, 11) is 0. The van der Waals surface area contributed by atoms with Gasteiger partial charge in [-0.15, -0.1) is 0 Å². The maximum absolute atomic E-state index is 11.5. The number of carbonyl (C=O) groups is 2. The van der Waals surface area contributed by atoms with E-state index in [0.717, 1.165) is 25.7 Å². The Morgan fingerprint density at radius 3 is 1.28 bits per heavy atom. The van der Waals surface area contributed by atoms with Crippen molar-refractivity contribution in [2.45, 2.75) is 65.6 Å². The van der Waals surface area contributed by atoms with Crippen LogP contribution in [0.1, 0.15) is 53.4 Å². The molecule has 1 rings (SSSR count). The van der Waals surface area contributed by atoms with E-state index in [4.69, 9.17) is 9.47 Å². The summed E-state index contributed by atoms with van der Waals surface area (Å²) in [6.07, 6.45) is 3.13. The van der Waals surface area contributed by atoms with Gasteiger partial charge in [-0.3, -0.25) is 9.59 Å². The zero-order valence-electron chi connectivity index (χ0n) is 11.8. The molecule has 0 aromatic heterocycles. The average Bonchev–Trinajstić information content (AvgIpc) is 2.31. The third-order valence-corrected chi connectivity index (χ3v) is 3.13. The van der Waals surface area contributed by atoms with Crippen LogP contribution in [-0.4, -0.2) is 24.1 Å². The van der Waals surface area contributed by atoms with Crippen molar-refractivity contribution in [1.29, 1.82) is 0 Å². The Balaban J connectivity index is 2.28. The van der Waals surface area contributed by atoms with Crippen LogP contribution >= 0.6 is 0 Å². The second-order valence-corrected chi connectivity index (χ2v) is 5.58. The van der Waals surface area contributed by atoms with E-state index in [1.54, 1.807) is 0 Å². The first-order valence-corrected chi connectivity index (χ1v) is 6.81. The molecular weight excluding hydrogens is 232 g/mol. The van der Waals surface area contributed by atoms with Crippen molar-refractivity contribution in [2.75, 3.05) is 0 Å². The van der Waals surface area contributed by atoms with Gasteiger partial charge in [-0.05, 0) is 25.7 Å². The van der Waals surface area contributed by atoms with Crippen molar-refractivity contribution in [3.63, 3.8) is 0 Å². The van der Waals surface area contributed by atoms with E-state index < -0.39 is 0 Å². The molecule has 0 heterocycles. The lowest BCUT2D eigenvalue weighted by Gasteiger charge is -2.29. The van der Waals surface area contributed by atoms with Gasteiger partial charge in [-0.1, -0.05) is 27.7 Å². The highest BCUT2D eigenvalue weighted by Crippen LogP contribution is 2.24. The van der Waals surface area contributed by atoms with Crippen molar-refractivity contribution in [1.82, 2.24) is 0 Å². The van der Waals surface area contributed by atoms with Gasteiger partial charge >= 0.3 is 11.9 Å². The molecule has 0 aliphatic heterocycles. The molecule has 0 radical (unpaired) electrons. The highest BCUT2D eigenvalue weighted by Gasteiger charge is 2.27. The van der Waals surface area contributed by atoms with E-state index in [-0.39, 0.29) is 36.0 Å². The van der Waals surface area contributed by atoms with Gasteiger partial charge < -0.3 is 9.47 Å². The Morgan fingerprint density at radius 2 is 1.06 bits per heavy atom. The standard InChI is InChI=1S/C14H24O4/c1-9(2)13(15)17-11-5-7-12(8-6-11)18-14(16)10(3)4/h9-12H,5-8H2,1-4H3. The van der Waals surface area contributed by atoms with Crippen LogP contribution in [0.5, 0.6) is 0 Å². The summed E-state index contributed by atoms with van der Waals surface area (Å²) in [4.78, 5) is 22.9. The van der Waals surface area contributed by atoms with Crippen LogP contribution < -0.4 is 0 Å². The average molecular weight is 256 g/mol. The molecule has 0 spiro atoms. The van der Waals surface area contributed by atoms with Crippen LogP contribution in [-0.2, 0) is 19.1 Å². The number of hydrogen-bond acceptors (Lipinski definition) is 4. The van der Waals surface area contributed by atoms with E-state index in [1.165, 1.54) is 0 Å². The van der Waals surface area contributed by atoms with E-state index in [0.29, 0.717) is 0 Å². The second kappa shape index (κ2) is 6.76. The molecule has 0 unspecified atom stereocenters. The number of esters is 2. The molecule has 18 heavy (non-hydrogen) atoms.